The molecule has 0 bridgehead atoms. The highest BCUT2D eigenvalue weighted by molar-refractivity contribution is 5.79. The number of carbonyl (C=O) groups excluding carboxylic acids is 2. The molecule has 0 fully saturated rings. The maximum Gasteiger partial charge on any atom is 0.221 e. The molecule has 0 aromatic carbocycles. The third kappa shape index (κ3) is 33.8. The molecule has 0 aromatic heterocycles. The first kappa shape index (κ1) is 42.9. The highest BCUT2D eigenvalue weighted by atomic mass is 16.2. The van der Waals surface area contributed by atoms with Crippen LogP contribution in [0.2, 0.25) is 0 Å². The maximum absolute atomic E-state index is 12.4. The molecule has 0 aliphatic heterocycles. The first-order valence-electron chi connectivity index (χ1n) is 19.9. The molecule has 0 aliphatic rings. The Kier molecular flexibility index (Phi) is 35.5. The third-order valence-electron chi connectivity index (χ3n) is 9.14. The molecule has 44 heavy (non-hydrogen) atoms. The molecule has 0 radical (unpaired) electrons. The number of hydrogen-bond acceptors (Lipinski definition) is 3. The molecule has 0 saturated carbocycles. The van der Waals surface area contributed by atoms with Crippen molar-refractivity contribution in [3.05, 3.63) is 0 Å². The lowest BCUT2D eigenvalue weighted by Crippen LogP contribution is -2.48. The van der Waals surface area contributed by atoms with Crippen LogP contribution in [0.5, 0.6) is 0 Å². The van der Waals surface area contributed by atoms with Crippen LogP contribution < -0.4 is 16.4 Å². The van der Waals surface area contributed by atoms with Crippen LogP contribution in [0.4, 0.5) is 0 Å². The zero-order valence-electron chi connectivity index (χ0n) is 30.0. The lowest BCUT2D eigenvalue weighted by Gasteiger charge is -2.20. The monoisotopic (exact) mass is 622 g/mol. The van der Waals surface area contributed by atoms with Gasteiger partial charge in [-0.05, 0) is 25.8 Å². The molecule has 0 atom stereocenters. The highest BCUT2D eigenvalue weighted by Gasteiger charge is 2.14. The van der Waals surface area contributed by atoms with E-state index in [1.165, 1.54) is 167 Å². The van der Waals surface area contributed by atoms with Gasteiger partial charge in [-0.15, -0.1) is 0 Å². The summed E-state index contributed by atoms with van der Waals surface area (Å²) in [5.41, 5.74) is 5.75. The second-order valence-corrected chi connectivity index (χ2v) is 13.7. The van der Waals surface area contributed by atoms with E-state index in [0.29, 0.717) is 25.8 Å². The number of nitrogens with one attached hydrogen (secondary N) is 2. The van der Waals surface area contributed by atoms with Crippen molar-refractivity contribution in [3.63, 3.8) is 0 Å². The minimum Gasteiger partial charge on any atom is -0.336 e. The Hall–Kier alpha value is -1.10. The second-order valence-electron chi connectivity index (χ2n) is 13.7. The van der Waals surface area contributed by atoms with E-state index in [-0.39, 0.29) is 18.0 Å². The van der Waals surface area contributed by atoms with Gasteiger partial charge in [0, 0.05) is 12.8 Å². The average Bonchev–Trinajstić information content (AvgIpc) is 3.01. The lowest BCUT2D eigenvalue weighted by atomic mass is 10.0. The van der Waals surface area contributed by atoms with E-state index < -0.39 is 0 Å². The molecule has 0 aromatic rings. The van der Waals surface area contributed by atoms with Crippen LogP contribution >= 0.6 is 0 Å². The van der Waals surface area contributed by atoms with E-state index in [2.05, 4.69) is 24.5 Å². The largest absolute Gasteiger partial charge is 0.336 e. The van der Waals surface area contributed by atoms with Gasteiger partial charge in [0.2, 0.25) is 11.8 Å². The molecule has 5 nitrogen and oxygen atoms in total. The first-order valence-corrected chi connectivity index (χ1v) is 19.9. The van der Waals surface area contributed by atoms with Crippen molar-refractivity contribution >= 4 is 11.8 Å². The zero-order chi connectivity index (χ0) is 32.2. The Morgan fingerprint density at radius 2 is 0.636 bits per heavy atom. The molecule has 2 amide bonds. The van der Waals surface area contributed by atoms with Crippen molar-refractivity contribution in [2.24, 2.45) is 5.73 Å². The van der Waals surface area contributed by atoms with Gasteiger partial charge in [-0.25, -0.2) is 0 Å². The molecule has 0 heterocycles. The summed E-state index contributed by atoms with van der Waals surface area (Å²) >= 11 is 0. The van der Waals surface area contributed by atoms with Crippen LogP contribution in [0.3, 0.4) is 0 Å². The van der Waals surface area contributed by atoms with Gasteiger partial charge in [-0.1, -0.05) is 194 Å². The zero-order valence-corrected chi connectivity index (χ0v) is 30.0. The Labute approximate surface area is 275 Å². The van der Waals surface area contributed by atoms with Crippen LogP contribution in [0.15, 0.2) is 0 Å². The van der Waals surface area contributed by atoms with E-state index in [0.717, 1.165) is 25.7 Å². The topological polar surface area (TPSA) is 84.2 Å². The van der Waals surface area contributed by atoms with Gasteiger partial charge in [0.05, 0.1) is 0 Å². The average molecular weight is 622 g/mol. The number of amides is 2. The summed E-state index contributed by atoms with van der Waals surface area (Å²) in [6, 6.07) is 0. The van der Waals surface area contributed by atoms with Crippen molar-refractivity contribution in [2.75, 3.05) is 6.54 Å². The molecule has 262 valence electrons. The number of hydrogen-bond donors (Lipinski definition) is 3. The Morgan fingerprint density at radius 1 is 0.409 bits per heavy atom. The third-order valence-corrected chi connectivity index (χ3v) is 9.14. The summed E-state index contributed by atoms with van der Waals surface area (Å²) in [4.78, 5) is 24.9. The minimum absolute atomic E-state index is 0.0328. The lowest BCUT2D eigenvalue weighted by molar-refractivity contribution is -0.124. The van der Waals surface area contributed by atoms with Gasteiger partial charge >= 0.3 is 0 Å². The summed E-state index contributed by atoms with van der Waals surface area (Å²) in [7, 11) is 0. The summed E-state index contributed by atoms with van der Waals surface area (Å²) in [6.07, 6.45) is 40.9. The van der Waals surface area contributed by atoms with Crippen molar-refractivity contribution < 1.29 is 9.59 Å². The molecular formula is C39H79N3O2. The van der Waals surface area contributed by atoms with E-state index >= 15 is 0 Å². The Morgan fingerprint density at radius 3 is 0.864 bits per heavy atom. The van der Waals surface area contributed by atoms with E-state index in [4.69, 9.17) is 5.73 Å². The normalized spacial score (nSPS) is 11.4. The predicted octanol–water partition coefficient (Wildman–Crippen LogP) is 11.4. The molecule has 0 saturated heterocycles. The van der Waals surface area contributed by atoms with Crippen molar-refractivity contribution in [3.8, 4) is 0 Å². The van der Waals surface area contributed by atoms with E-state index in [1.54, 1.807) is 0 Å². The van der Waals surface area contributed by atoms with Gasteiger partial charge in [0.25, 0.3) is 0 Å². The van der Waals surface area contributed by atoms with Crippen LogP contribution in [0, 0.1) is 0 Å². The Balaban J connectivity index is 3.61. The van der Waals surface area contributed by atoms with E-state index in [9.17, 15) is 9.59 Å². The fourth-order valence-corrected chi connectivity index (χ4v) is 6.19. The first-order chi connectivity index (χ1) is 21.6. The molecule has 0 unspecified atom stereocenters. The molecular weight excluding hydrogens is 542 g/mol. The number of carbonyl (C=O) groups is 2. The number of unbranched alkanes of at least 4 members (excludes halogenated alkanes) is 28. The van der Waals surface area contributed by atoms with E-state index in [1.807, 2.05) is 0 Å². The Bertz CT molecular complexity index is 550. The quantitative estimate of drug-likeness (QED) is 0.0480. The fraction of sp³-hybridized carbons (Fsp3) is 0.949. The van der Waals surface area contributed by atoms with Crippen LogP contribution in [0.1, 0.15) is 226 Å². The smallest absolute Gasteiger partial charge is 0.221 e. The van der Waals surface area contributed by atoms with Gasteiger partial charge in [0.1, 0.15) is 6.17 Å². The van der Waals surface area contributed by atoms with Crippen LogP contribution in [-0.4, -0.2) is 24.5 Å². The van der Waals surface area contributed by atoms with Crippen molar-refractivity contribution in [1.82, 2.24) is 10.6 Å². The summed E-state index contributed by atoms with van der Waals surface area (Å²) in [5, 5.41) is 6.00. The SMILES string of the molecule is CCCCCCCCCCCCCCCCCC(=O)NC(CCN)NC(=O)CCCCCCCCCCCCCCCCC. The van der Waals surface area contributed by atoms with Gasteiger partial charge in [0.15, 0.2) is 0 Å². The summed E-state index contributed by atoms with van der Waals surface area (Å²) in [6.45, 7) is 5.01. The summed E-state index contributed by atoms with van der Waals surface area (Å²) < 4.78 is 0. The number of rotatable bonds is 36. The predicted molar refractivity (Wildman–Crippen MR) is 193 cm³/mol. The molecule has 0 rings (SSSR count). The van der Waals surface area contributed by atoms with Gasteiger partial charge in [-0.2, -0.15) is 0 Å². The summed E-state index contributed by atoms with van der Waals surface area (Å²) in [5.74, 6) is 0.0656. The minimum atomic E-state index is -0.340. The maximum atomic E-state index is 12.4. The molecule has 0 spiro atoms. The fourth-order valence-electron chi connectivity index (χ4n) is 6.19. The number of nitrogens with two attached hydrogens (primary N) is 1. The standard InChI is InChI=1S/C39H79N3O2/c1-3-5-7-9-11-13-15-17-19-21-23-25-27-29-31-33-38(43)41-37(35-36-40)42-39(44)34-32-30-28-26-24-22-20-18-16-14-12-10-8-6-4-2/h37H,3-36,40H2,1-2H3,(H,41,43)(H,42,44). The second kappa shape index (κ2) is 36.4. The van der Waals surface area contributed by atoms with Crippen molar-refractivity contribution in [1.29, 1.82) is 0 Å². The van der Waals surface area contributed by atoms with Gasteiger partial charge in [-0.3, -0.25) is 9.59 Å². The van der Waals surface area contributed by atoms with Crippen molar-refractivity contribution in [2.45, 2.75) is 232 Å². The van der Waals surface area contributed by atoms with Gasteiger partial charge < -0.3 is 16.4 Å². The van der Waals surface area contributed by atoms with Crippen LogP contribution in [-0.2, 0) is 9.59 Å². The highest BCUT2D eigenvalue weighted by Crippen LogP contribution is 2.15. The van der Waals surface area contributed by atoms with Crippen LogP contribution in [0.25, 0.3) is 0 Å². The molecule has 4 N–H and O–H groups in total. The molecule has 5 heteroatoms. The molecule has 0 aliphatic carbocycles.